The SMILES string of the molecule is CCc1cc(NC(=O)N[C@H](C)[C@@H](O)CN(CCCc2ccc(F)cc2)S(C)(=O)=O)cc(-c2nnnn2C)c1. The molecule has 13 heteroatoms. The van der Waals surface area contributed by atoms with E-state index in [4.69, 9.17) is 0 Å². The Morgan fingerprint density at radius 1 is 1.18 bits per heavy atom. The van der Waals surface area contributed by atoms with E-state index in [2.05, 4.69) is 26.2 Å². The summed E-state index contributed by atoms with van der Waals surface area (Å²) >= 11 is 0. The summed E-state index contributed by atoms with van der Waals surface area (Å²) in [6.45, 7) is 3.58. The molecule has 11 nitrogen and oxygen atoms in total. The monoisotopic (exact) mass is 547 g/mol. The number of hydrogen-bond acceptors (Lipinski definition) is 7. The largest absolute Gasteiger partial charge is 0.390 e. The van der Waals surface area contributed by atoms with Crippen molar-refractivity contribution in [2.75, 3.05) is 24.7 Å². The molecule has 3 N–H and O–H groups in total. The molecule has 0 aliphatic heterocycles. The molecule has 206 valence electrons. The lowest BCUT2D eigenvalue weighted by Gasteiger charge is -2.27. The molecule has 0 bridgehead atoms. The lowest BCUT2D eigenvalue weighted by atomic mass is 10.1. The van der Waals surface area contributed by atoms with Crippen LogP contribution in [0.5, 0.6) is 0 Å². The second-order valence-corrected chi connectivity index (χ2v) is 11.2. The van der Waals surface area contributed by atoms with Gasteiger partial charge >= 0.3 is 6.03 Å². The number of aliphatic hydroxyl groups excluding tert-OH is 1. The number of aromatic nitrogens is 4. The molecule has 3 aromatic rings. The Kier molecular flexibility index (Phi) is 9.89. The van der Waals surface area contributed by atoms with Gasteiger partial charge in [-0.15, -0.1) is 5.10 Å². The average Bonchev–Trinajstić information content (AvgIpc) is 3.29. The summed E-state index contributed by atoms with van der Waals surface area (Å²) < 4.78 is 40.4. The van der Waals surface area contributed by atoms with Crippen molar-refractivity contribution in [3.8, 4) is 11.4 Å². The van der Waals surface area contributed by atoms with Crippen LogP contribution in [0.25, 0.3) is 11.4 Å². The second-order valence-electron chi connectivity index (χ2n) is 9.20. The Bertz CT molecular complexity index is 1330. The van der Waals surface area contributed by atoms with E-state index in [1.54, 1.807) is 32.2 Å². The van der Waals surface area contributed by atoms with Crippen molar-refractivity contribution >= 4 is 21.7 Å². The molecule has 3 rings (SSSR count). The first-order valence-corrected chi connectivity index (χ1v) is 14.1. The van der Waals surface area contributed by atoms with Crippen LogP contribution in [0.3, 0.4) is 0 Å². The minimum absolute atomic E-state index is 0.176. The Hall–Kier alpha value is -3.42. The predicted molar refractivity (Wildman–Crippen MR) is 142 cm³/mol. The highest BCUT2D eigenvalue weighted by Crippen LogP contribution is 2.23. The fraction of sp³-hybridized carbons (Fsp3) is 0.440. The molecule has 0 fully saturated rings. The van der Waals surface area contributed by atoms with Crippen molar-refractivity contribution in [3.63, 3.8) is 0 Å². The number of nitrogens with one attached hydrogen (secondary N) is 2. The molecule has 0 unspecified atom stereocenters. The Balaban J connectivity index is 1.58. The number of urea groups is 1. The predicted octanol–water partition coefficient (Wildman–Crippen LogP) is 2.34. The number of amides is 2. The molecule has 38 heavy (non-hydrogen) atoms. The minimum atomic E-state index is -3.60. The average molecular weight is 548 g/mol. The first-order chi connectivity index (χ1) is 18.0. The van der Waals surface area contributed by atoms with E-state index in [1.807, 2.05) is 19.1 Å². The minimum Gasteiger partial charge on any atom is -0.390 e. The van der Waals surface area contributed by atoms with Gasteiger partial charge in [0.1, 0.15) is 5.82 Å². The lowest BCUT2D eigenvalue weighted by Crippen LogP contribution is -2.49. The van der Waals surface area contributed by atoms with E-state index in [0.29, 0.717) is 24.4 Å². The summed E-state index contributed by atoms with van der Waals surface area (Å²) in [6, 6.07) is 10.3. The van der Waals surface area contributed by atoms with Crippen LogP contribution < -0.4 is 10.6 Å². The number of tetrazole rings is 1. The summed E-state index contributed by atoms with van der Waals surface area (Å²) in [7, 11) is -1.88. The first-order valence-electron chi connectivity index (χ1n) is 12.3. The highest BCUT2D eigenvalue weighted by Gasteiger charge is 2.25. The molecule has 0 saturated carbocycles. The van der Waals surface area contributed by atoms with Crippen LogP contribution in [-0.4, -0.2) is 75.6 Å². The van der Waals surface area contributed by atoms with Crippen molar-refractivity contribution in [1.29, 1.82) is 0 Å². The van der Waals surface area contributed by atoms with Gasteiger partial charge in [-0.25, -0.2) is 22.3 Å². The lowest BCUT2D eigenvalue weighted by molar-refractivity contribution is 0.114. The number of hydrogen-bond donors (Lipinski definition) is 3. The summed E-state index contributed by atoms with van der Waals surface area (Å²) in [6.07, 6.45) is 1.70. The number of benzene rings is 2. The van der Waals surface area contributed by atoms with E-state index in [1.165, 1.54) is 21.1 Å². The maximum atomic E-state index is 13.1. The highest BCUT2D eigenvalue weighted by molar-refractivity contribution is 7.88. The highest BCUT2D eigenvalue weighted by atomic mass is 32.2. The van der Waals surface area contributed by atoms with Crippen LogP contribution in [0.2, 0.25) is 0 Å². The third-order valence-corrected chi connectivity index (χ3v) is 7.39. The Morgan fingerprint density at radius 2 is 1.89 bits per heavy atom. The molecule has 2 aromatic carbocycles. The van der Waals surface area contributed by atoms with E-state index in [-0.39, 0.29) is 18.9 Å². The van der Waals surface area contributed by atoms with Gasteiger partial charge in [-0.1, -0.05) is 19.1 Å². The maximum absolute atomic E-state index is 13.1. The zero-order chi connectivity index (χ0) is 27.9. The number of anilines is 1. The number of halogens is 1. The van der Waals surface area contributed by atoms with E-state index >= 15 is 0 Å². The molecule has 0 spiro atoms. The molecule has 2 amide bonds. The number of sulfonamides is 1. The zero-order valence-corrected chi connectivity index (χ0v) is 22.7. The van der Waals surface area contributed by atoms with Crippen LogP contribution >= 0.6 is 0 Å². The summed E-state index contributed by atoms with van der Waals surface area (Å²) in [4.78, 5) is 12.7. The first kappa shape index (κ1) is 29.1. The van der Waals surface area contributed by atoms with Gasteiger partial charge in [0.15, 0.2) is 5.82 Å². The van der Waals surface area contributed by atoms with Crippen LogP contribution in [0.4, 0.5) is 14.9 Å². The van der Waals surface area contributed by atoms with E-state index in [9.17, 15) is 22.7 Å². The van der Waals surface area contributed by atoms with Gasteiger partial charge in [0.25, 0.3) is 0 Å². The molecule has 1 heterocycles. The maximum Gasteiger partial charge on any atom is 0.319 e. The van der Waals surface area contributed by atoms with Crippen molar-refractivity contribution in [2.45, 2.75) is 45.3 Å². The number of carbonyl (C=O) groups excluding carboxylic acids is 1. The molecule has 1 aromatic heterocycles. The van der Waals surface area contributed by atoms with E-state index in [0.717, 1.165) is 29.4 Å². The molecule has 0 aliphatic carbocycles. The summed E-state index contributed by atoms with van der Waals surface area (Å²) in [5.41, 5.74) is 3.13. The molecule has 0 aliphatic rings. The zero-order valence-electron chi connectivity index (χ0n) is 21.9. The molecule has 0 saturated heterocycles. The van der Waals surface area contributed by atoms with Gasteiger partial charge in [-0.2, -0.15) is 4.31 Å². The van der Waals surface area contributed by atoms with Crippen molar-refractivity contribution < 1.29 is 22.7 Å². The van der Waals surface area contributed by atoms with E-state index < -0.39 is 28.2 Å². The Labute approximate surface area is 222 Å². The summed E-state index contributed by atoms with van der Waals surface area (Å²) in [5.74, 6) is 0.217. The molecular weight excluding hydrogens is 513 g/mol. The second kappa shape index (κ2) is 12.9. The third kappa shape index (κ3) is 8.30. The van der Waals surface area contributed by atoms with Gasteiger partial charge in [-0.05, 0) is 78.1 Å². The number of aryl methyl sites for hydroxylation is 3. The number of carbonyl (C=O) groups is 1. The third-order valence-electron chi connectivity index (χ3n) is 6.12. The molecule has 2 atom stereocenters. The standard InChI is InChI=1S/C25H34FN7O4S/c1-5-18-13-20(24-29-30-31-32(24)3)15-22(14-18)28-25(35)27-17(2)23(34)16-33(38(4,36)37)12-6-7-19-8-10-21(26)11-9-19/h8-11,13-15,17,23,34H,5-7,12,16H2,1-4H3,(H2,27,28,35)/t17-,23+/m1/s1. The summed E-state index contributed by atoms with van der Waals surface area (Å²) in [5, 5.41) is 27.6. The van der Waals surface area contributed by atoms with Gasteiger partial charge in [0.2, 0.25) is 10.0 Å². The van der Waals surface area contributed by atoms with Crippen molar-refractivity contribution in [2.24, 2.45) is 7.05 Å². The fourth-order valence-corrected chi connectivity index (χ4v) is 4.80. The number of aliphatic hydroxyl groups is 1. The van der Waals surface area contributed by atoms with Crippen molar-refractivity contribution in [3.05, 3.63) is 59.4 Å². The van der Waals surface area contributed by atoms with Crippen LogP contribution in [0.1, 0.15) is 31.4 Å². The van der Waals surface area contributed by atoms with Gasteiger partial charge in [-0.3, -0.25) is 0 Å². The van der Waals surface area contributed by atoms with Gasteiger partial charge < -0.3 is 15.7 Å². The van der Waals surface area contributed by atoms with Crippen molar-refractivity contribution in [1.82, 2.24) is 29.8 Å². The number of nitrogens with zero attached hydrogens (tertiary/aromatic N) is 5. The number of rotatable bonds is 12. The normalized spacial score (nSPS) is 13.3. The fourth-order valence-electron chi connectivity index (χ4n) is 3.91. The Morgan fingerprint density at radius 3 is 2.50 bits per heavy atom. The van der Waals surface area contributed by atoms with Crippen LogP contribution in [-0.2, 0) is 29.9 Å². The molecule has 0 radical (unpaired) electrons. The quantitative estimate of drug-likeness (QED) is 0.316. The van der Waals surface area contributed by atoms with Crippen LogP contribution in [0.15, 0.2) is 42.5 Å². The smallest absolute Gasteiger partial charge is 0.319 e. The molecular formula is C25H34FN7O4S. The van der Waals surface area contributed by atoms with Gasteiger partial charge in [0, 0.05) is 31.4 Å². The van der Waals surface area contributed by atoms with Crippen LogP contribution in [0, 0.1) is 5.82 Å². The van der Waals surface area contributed by atoms with Gasteiger partial charge in [0.05, 0.1) is 18.4 Å². The topological polar surface area (TPSA) is 142 Å².